The van der Waals surface area contributed by atoms with E-state index in [1.165, 1.54) is 12.0 Å². The van der Waals surface area contributed by atoms with Gasteiger partial charge in [0.25, 0.3) is 0 Å². The molecule has 1 amide bonds. The van der Waals surface area contributed by atoms with Crippen molar-refractivity contribution in [2.75, 3.05) is 13.7 Å². The van der Waals surface area contributed by atoms with Gasteiger partial charge in [0, 0.05) is 11.4 Å². The minimum absolute atomic E-state index is 0.261. The van der Waals surface area contributed by atoms with Gasteiger partial charge in [0.05, 0.1) is 20.3 Å². The van der Waals surface area contributed by atoms with Crippen molar-refractivity contribution in [3.63, 3.8) is 0 Å². The van der Waals surface area contributed by atoms with E-state index in [4.69, 9.17) is 21.1 Å². The van der Waals surface area contributed by atoms with E-state index < -0.39 is 18.1 Å². The van der Waals surface area contributed by atoms with Crippen molar-refractivity contribution >= 4 is 23.7 Å². The van der Waals surface area contributed by atoms with Gasteiger partial charge in [0.15, 0.2) is 0 Å². The molecule has 1 aliphatic rings. The Morgan fingerprint density at radius 2 is 2.15 bits per heavy atom. The number of carbonyl (C=O) groups is 2. The molecule has 0 aliphatic carbocycles. The molecule has 6 heteroatoms. The first-order valence-corrected chi connectivity index (χ1v) is 6.73. The lowest BCUT2D eigenvalue weighted by molar-refractivity contribution is -0.147. The first kappa shape index (κ1) is 14.7. The van der Waals surface area contributed by atoms with Crippen molar-refractivity contribution < 1.29 is 19.1 Å². The van der Waals surface area contributed by atoms with E-state index in [0.29, 0.717) is 18.0 Å². The zero-order valence-electron chi connectivity index (χ0n) is 11.4. The van der Waals surface area contributed by atoms with Crippen molar-refractivity contribution in [1.82, 2.24) is 4.90 Å². The SMILES string of the molecule is CCOC(=O)N1Cc2ccc(Cl)cc2C[C@H]1C(=O)OC. The van der Waals surface area contributed by atoms with Gasteiger partial charge in [0.1, 0.15) is 6.04 Å². The third-order valence-electron chi connectivity index (χ3n) is 3.27. The predicted molar refractivity (Wildman–Crippen MR) is 73.5 cm³/mol. The van der Waals surface area contributed by atoms with E-state index >= 15 is 0 Å². The zero-order valence-corrected chi connectivity index (χ0v) is 12.1. The minimum atomic E-state index is -0.676. The van der Waals surface area contributed by atoms with E-state index in [-0.39, 0.29) is 6.61 Å². The third-order valence-corrected chi connectivity index (χ3v) is 3.51. The van der Waals surface area contributed by atoms with Crippen LogP contribution in [0.1, 0.15) is 18.1 Å². The highest BCUT2D eigenvalue weighted by atomic mass is 35.5. The second-order valence-corrected chi connectivity index (χ2v) is 4.92. The molecule has 0 N–H and O–H groups in total. The molecule has 1 aromatic rings. The van der Waals surface area contributed by atoms with Crippen molar-refractivity contribution in [2.24, 2.45) is 0 Å². The normalized spacial score (nSPS) is 17.4. The summed E-state index contributed by atoms with van der Waals surface area (Å²) in [6, 6.07) is 4.76. The first-order valence-electron chi connectivity index (χ1n) is 6.35. The number of fused-ring (bicyclic) bond motifs is 1. The highest BCUT2D eigenvalue weighted by Crippen LogP contribution is 2.27. The number of amides is 1. The molecular weight excluding hydrogens is 282 g/mol. The standard InChI is InChI=1S/C14H16ClNO4/c1-3-20-14(18)16-8-9-4-5-11(15)6-10(9)7-12(16)13(17)19-2/h4-6,12H,3,7-8H2,1-2H3/t12-/m0/s1. The van der Waals surface area contributed by atoms with Gasteiger partial charge in [-0.1, -0.05) is 17.7 Å². The Labute approximate surface area is 122 Å². The molecule has 2 rings (SSSR count). The number of nitrogens with zero attached hydrogens (tertiary/aromatic N) is 1. The molecule has 108 valence electrons. The van der Waals surface area contributed by atoms with Gasteiger partial charge in [-0.25, -0.2) is 9.59 Å². The van der Waals surface area contributed by atoms with Crippen LogP contribution in [0, 0.1) is 0 Å². The van der Waals surface area contributed by atoms with E-state index in [9.17, 15) is 9.59 Å². The van der Waals surface area contributed by atoms with Gasteiger partial charge in [-0.05, 0) is 30.2 Å². The lowest BCUT2D eigenvalue weighted by Crippen LogP contribution is -2.49. The van der Waals surface area contributed by atoms with Crippen LogP contribution in [0.4, 0.5) is 4.79 Å². The lowest BCUT2D eigenvalue weighted by Gasteiger charge is -2.34. The number of rotatable bonds is 2. The summed E-state index contributed by atoms with van der Waals surface area (Å²) in [4.78, 5) is 25.2. The Morgan fingerprint density at radius 1 is 1.40 bits per heavy atom. The molecule has 1 heterocycles. The van der Waals surface area contributed by atoms with Crippen molar-refractivity contribution in [1.29, 1.82) is 0 Å². The van der Waals surface area contributed by atoms with Crippen molar-refractivity contribution in [2.45, 2.75) is 25.9 Å². The fourth-order valence-electron chi connectivity index (χ4n) is 2.30. The monoisotopic (exact) mass is 297 g/mol. The predicted octanol–water partition coefficient (Wildman–Crippen LogP) is 2.40. The van der Waals surface area contributed by atoms with E-state index in [0.717, 1.165) is 11.1 Å². The largest absolute Gasteiger partial charge is 0.467 e. The third kappa shape index (κ3) is 2.88. The first-order chi connectivity index (χ1) is 9.56. The summed E-state index contributed by atoms with van der Waals surface area (Å²) in [7, 11) is 1.30. The maximum absolute atomic E-state index is 12.0. The molecule has 1 atom stereocenters. The molecule has 0 spiro atoms. The highest BCUT2D eigenvalue weighted by molar-refractivity contribution is 6.30. The number of ether oxygens (including phenoxy) is 2. The van der Waals surface area contributed by atoms with Crippen molar-refractivity contribution in [3.8, 4) is 0 Å². The molecular formula is C14H16ClNO4. The molecule has 1 aromatic carbocycles. The molecule has 0 fully saturated rings. The van der Waals surface area contributed by atoms with Gasteiger partial charge in [-0.2, -0.15) is 0 Å². The number of hydrogen-bond acceptors (Lipinski definition) is 4. The van der Waals surface area contributed by atoms with Gasteiger partial charge >= 0.3 is 12.1 Å². The smallest absolute Gasteiger partial charge is 0.410 e. The summed E-state index contributed by atoms with van der Waals surface area (Å²) in [5, 5.41) is 0.608. The topological polar surface area (TPSA) is 55.8 Å². The van der Waals surface area contributed by atoms with E-state index in [2.05, 4.69) is 0 Å². The fraction of sp³-hybridized carbons (Fsp3) is 0.429. The van der Waals surface area contributed by atoms with Crippen LogP contribution in [0.25, 0.3) is 0 Å². The van der Waals surface area contributed by atoms with E-state index in [1.54, 1.807) is 13.0 Å². The van der Waals surface area contributed by atoms with E-state index in [1.807, 2.05) is 12.1 Å². The Morgan fingerprint density at radius 3 is 2.80 bits per heavy atom. The Balaban J connectivity index is 2.32. The number of benzene rings is 1. The second kappa shape index (κ2) is 6.13. The summed E-state index contributed by atoms with van der Waals surface area (Å²) in [5.41, 5.74) is 1.91. The van der Waals surface area contributed by atoms with Crippen LogP contribution in [-0.2, 0) is 27.2 Å². The van der Waals surface area contributed by atoms with Crippen LogP contribution in [0.2, 0.25) is 5.02 Å². The van der Waals surface area contributed by atoms with Gasteiger partial charge in [0.2, 0.25) is 0 Å². The number of methoxy groups -OCH3 is 1. The molecule has 0 saturated carbocycles. The summed E-state index contributed by atoms with van der Waals surface area (Å²) >= 11 is 5.97. The van der Waals surface area contributed by atoms with Gasteiger partial charge in [-0.15, -0.1) is 0 Å². The summed E-state index contributed by atoms with van der Waals surface area (Å²) in [6.45, 7) is 2.30. The molecule has 5 nitrogen and oxygen atoms in total. The maximum atomic E-state index is 12.0. The second-order valence-electron chi connectivity index (χ2n) is 4.48. The van der Waals surface area contributed by atoms with Crippen LogP contribution in [-0.4, -0.2) is 36.7 Å². The molecule has 0 aromatic heterocycles. The van der Waals surface area contributed by atoms with Crippen LogP contribution >= 0.6 is 11.6 Å². The molecule has 0 saturated heterocycles. The number of halogens is 1. The Bertz CT molecular complexity index is 532. The molecule has 20 heavy (non-hydrogen) atoms. The Hall–Kier alpha value is -1.75. The fourth-order valence-corrected chi connectivity index (χ4v) is 2.49. The van der Waals surface area contributed by atoms with Crippen LogP contribution in [0.15, 0.2) is 18.2 Å². The van der Waals surface area contributed by atoms with Crippen molar-refractivity contribution in [3.05, 3.63) is 34.3 Å². The number of carbonyl (C=O) groups excluding carboxylic acids is 2. The average molecular weight is 298 g/mol. The average Bonchev–Trinajstić information content (AvgIpc) is 2.45. The molecule has 1 aliphatic heterocycles. The number of esters is 1. The maximum Gasteiger partial charge on any atom is 0.410 e. The molecule has 0 radical (unpaired) electrons. The van der Waals surface area contributed by atoms with Crippen LogP contribution < -0.4 is 0 Å². The summed E-state index contributed by atoms with van der Waals surface area (Å²) < 4.78 is 9.77. The highest BCUT2D eigenvalue weighted by Gasteiger charge is 2.36. The van der Waals surface area contributed by atoms with Crippen LogP contribution in [0.5, 0.6) is 0 Å². The lowest BCUT2D eigenvalue weighted by atomic mass is 9.94. The van der Waals surface area contributed by atoms with Crippen LogP contribution in [0.3, 0.4) is 0 Å². The molecule has 0 bridgehead atoms. The number of hydrogen-bond donors (Lipinski definition) is 0. The minimum Gasteiger partial charge on any atom is -0.467 e. The molecule has 0 unspecified atom stereocenters. The summed E-state index contributed by atoms with van der Waals surface area (Å²) in [6.07, 6.45) is -0.134. The summed E-state index contributed by atoms with van der Waals surface area (Å²) in [5.74, 6) is -0.455. The van der Waals surface area contributed by atoms with Gasteiger partial charge in [-0.3, -0.25) is 4.90 Å². The quantitative estimate of drug-likeness (QED) is 0.787. The van der Waals surface area contributed by atoms with Gasteiger partial charge < -0.3 is 9.47 Å². The Kier molecular flexibility index (Phi) is 4.49. The zero-order chi connectivity index (χ0) is 14.7.